The first-order valence-corrected chi connectivity index (χ1v) is 11.5. The molecular weight excluding hydrogens is 388 g/mol. The van der Waals surface area contributed by atoms with Crippen LogP contribution < -0.4 is 0 Å². The lowest BCUT2D eigenvalue weighted by Gasteiger charge is -2.22. The van der Waals surface area contributed by atoms with Crippen molar-refractivity contribution in [1.82, 2.24) is 0 Å². The molecule has 32 heavy (non-hydrogen) atoms. The third-order valence-corrected chi connectivity index (χ3v) is 6.78. The molecule has 0 aliphatic heterocycles. The number of hydrogen-bond acceptors (Lipinski definition) is 1. The van der Waals surface area contributed by atoms with Gasteiger partial charge >= 0.3 is 0 Å². The molecule has 0 spiro atoms. The zero-order valence-electron chi connectivity index (χ0n) is 19.4. The Morgan fingerprint density at radius 3 is 1.28 bits per heavy atom. The standard InChI is InChI=1S/C31H32O/c1-21-19-29(23(3)26-13-9-6-10-14-26)31(32)30(20-21)24(4)28-17-15-27(16-18-28)22(2)25-11-7-5-8-12-25/h5-20,22-24,32H,1-4H3. The maximum atomic E-state index is 11.3. The average Bonchev–Trinajstić information content (AvgIpc) is 2.85. The molecule has 4 aromatic rings. The molecular formula is C31H32O. The van der Waals surface area contributed by atoms with Crippen LogP contribution >= 0.6 is 0 Å². The van der Waals surface area contributed by atoms with E-state index in [0.717, 1.165) is 11.1 Å². The number of hydrogen-bond donors (Lipinski definition) is 1. The van der Waals surface area contributed by atoms with Gasteiger partial charge in [-0.1, -0.05) is 123 Å². The third kappa shape index (κ3) is 4.48. The minimum atomic E-state index is 0.109. The van der Waals surface area contributed by atoms with Gasteiger partial charge in [-0.3, -0.25) is 0 Å². The highest BCUT2D eigenvalue weighted by Gasteiger charge is 2.20. The lowest BCUT2D eigenvalue weighted by Crippen LogP contribution is -2.04. The molecule has 1 N–H and O–H groups in total. The molecule has 3 atom stereocenters. The van der Waals surface area contributed by atoms with Crippen LogP contribution in [0.25, 0.3) is 0 Å². The molecule has 4 aromatic carbocycles. The van der Waals surface area contributed by atoms with Crippen LogP contribution in [0.4, 0.5) is 0 Å². The summed E-state index contributed by atoms with van der Waals surface area (Å²) in [4.78, 5) is 0. The van der Waals surface area contributed by atoms with Crippen molar-refractivity contribution in [2.75, 3.05) is 0 Å². The van der Waals surface area contributed by atoms with E-state index in [1.54, 1.807) is 0 Å². The molecule has 0 radical (unpaired) electrons. The molecule has 4 rings (SSSR count). The van der Waals surface area contributed by atoms with E-state index in [0.29, 0.717) is 11.7 Å². The summed E-state index contributed by atoms with van der Waals surface area (Å²) in [5.74, 6) is 1.02. The normalized spacial score (nSPS) is 14.0. The average molecular weight is 421 g/mol. The smallest absolute Gasteiger partial charge is 0.123 e. The van der Waals surface area contributed by atoms with E-state index >= 15 is 0 Å². The second-order valence-corrected chi connectivity index (χ2v) is 8.95. The highest BCUT2D eigenvalue weighted by atomic mass is 16.3. The highest BCUT2D eigenvalue weighted by Crippen LogP contribution is 2.40. The van der Waals surface area contributed by atoms with Crippen LogP contribution in [0.2, 0.25) is 0 Å². The molecule has 0 aromatic heterocycles. The first kappa shape index (κ1) is 21.9. The summed E-state index contributed by atoms with van der Waals surface area (Å²) in [6, 6.07) is 34.1. The van der Waals surface area contributed by atoms with Crippen LogP contribution in [-0.4, -0.2) is 5.11 Å². The van der Waals surface area contributed by atoms with Gasteiger partial charge in [0.1, 0.15) is 5.75 Å². The molecule has 3 unspecified atom stereocenters. The minimum absolute atomic E-state index is 0.109. The molecule has 0 fully saturated rings. The summed E-state index contributed by atoms with van der Waals surface area (Å²) < 4.78 is 0. The van der Waals surface area contributed by atoms with E-state index in [1.165, 1.54) is 27.8 Å². The number of benzene rings is 4. The number of aryl methyl sites for hydroxylation is 1. The van der Waals surface area contributed by atoms with Gasteiger partial charge in [0.2, 0.25) is 0 Å². The van der Waals surface area contributed by atoms with Crippen molar-refractivity contribution >= 4 is 0 Å². The summed E-state index contributed by atoms with van der Waals surface area (Å²) in [6.07, 6.45) is 0. The van der Waals surface area contributed by atoms with E-state index in [-0.39, 0.29) is 11.8 Å². The minimum Gasteiger partial charge on any atom is -0.507 e. The quantitative estimate of drug-likeness (QED) is 0.333. The van der Waals surface area contributed by atoms with Crippen molar-refractivity contribution in [2.45, 2.75) is 45.4 Å². The van der Waals surface area contributed by atoms with E-state index in [9.17, 15) is 5.11 Å². The van der Waals surface area contributed by atoms with Crippen LogP contribution in [0.15, 0.2) is 97.1 Å². The lowest BCUT2D eigenvalue weighted by atomic mass is 9.84. The largest absolute Gasteiger partial charge is 0.507 e. The zero-order valence-corrected chi connectivity index (χ0v) is 19.4. The van der Waals surface area contributed by atoms with Gasteiger partial charge in [0.25, 0.3) is 0 Å². The Labute approximate surface area is 192 Å². The molecule has 0 aliphatic rings. The molecule has 1 heteroatoms. The van der Waals surface area contributed by atoms with Gasteiger partial charge in [0.05, 0.1) is 0 Å². The van der Waals surface area contributed by atoms with E-state index < -0.39 is 0 Å². The van der Waals surface area contributed by atoms with E-state index in [4.69, 9.17) is 0 Å². The molecule has 1 nitrogen and oxygen atoms in total. The summed E-state index contributed by atoms with van der Waals surface area (Å²) in [6.45, 7) is 8.71. The van der Waals surface area contributed by atoms with E-state index in [2.05, 4.69) is 119 Å². The maximum Gasteiger partial charge on any atom is 0.123 e. The van der Waals surface area contributed by atoms with Crippen LogP contribution in [0.3, 0.4) is 0 Å². The molecule has 0 bridgehead atoms. The summed E-state index contributed by atoms with van der Waals surface area (Å²) in [5.41, 5.74) is 8.22. The number of aromatic hydroxyl groups is 1. The maximum absolute atomic E-state index is 11.3. The second kappa shape index (κ2) is 9.44. The number of phenols is 1. The Morgan fingerprint density at radius 2 is 0.844 bits per heavy atom. The topological polar surface area (TPSA) is 20.2 Å². The van der Waals surface area contributed by atoms with Crippen LogP contribution in [0, 0.1) is 6.92 Å². The van der Waals surface area contributed by atoms with Crippen molar-refractivity contribution < 1.29 is 5.11 Å². The van der Waals surface area contributed by atoms with Gasteiger partial charge in [0.15, 0.2) is 0 Å². The summed E-state index contributed by atoms with van der Waals surface area (Å²) >= 11 is 0. The second-order valence-electron chi connectivity index (χ2n) is 8.95. The van der Waals surface area contributed by atoms with Gasteiger partial charge < -0.3 is 5.11 Å². The Hall–Kier alpha value is -3.32. The fourth-order valence-electron chi connectivity index (χ4n) is 4.60. The molecule has 0 saturated carbocycles. The van der Waals surface area contributed by atoms with Gasteiger partial charge in [-0.2, -0.15) is 0 Å². The highest BCUT2D eigenvalue weighted by molar-refractivity contribution is 5.52. The molecule has 162 valence electrons. The van der Waals surface area contributed by atoms with Gasteiger partial charge in [-0.15, -0.1) is 0 Å². The molecule has 0 amide bonds. The van der Waals surface area contributed by atoms with Crippen molar-refractivity contribution in [3.63, 3.8) is 0 Å². The van der Waals surface area contributed by atoms with Crippen LogP contribution in [0.1, 0.15) is 77.5 Å². The van der Waals surface area contributed by atoms with Crippen molar-refractivity contribution in [2.24, 2.45) is 0 Å². The Balaban J connectivity index is 1.63. The SMILES string of the molecule is Cc1cc(C(C)c2ccccc2)c(O)c(C(C)c2ccc(C(C)c3ccccc3)cc2)c1. The lowest BCUT2D eigenvalue weighted by molar-refractivity contribution is 0.456. The van der Waals surface area contributed by atoms with Crippen molar-refractivity contribution in [3.8, 4) is 5.75 Å². The van der Waals surface area contributed by atoms with Gasteiger partial charge in [-0.05, 0) is 29.2 Å². The first-order valence-electron chi connectivity index (χ1n) is 11.5. The van der Waals surface area contributed by atoms with Crippen LogP contribution in [0.5, 0.6) is 5.75 Å². The van der Waals surface area contributed by atoms with Gasteiger partial charge in [-0.25, -0.2) is 0 Å². The first-order chi connectivity index (χ1) is 15.5. The predicted octanol–water partition coefficient (Wildman–Crippen LogP) is 8.16. The summed E-state index contributed by atoms with van der Waals surface area (Å²) in [7, 11) is 0. The van der Waals surface area contributed by atoms with E-state index in [1.807, 2.05) is 6.07 Å². The Kier molecular flexibility index (Phi) is 6.46. The van der Waals surface area contributed by atoms with Crippen LogP contribution in [-0.2, 0) is 0 Å². The molecule has 0 saturated heterocycles. The third-order valence-electron chi connectivity index (χ3n) is 6.78. The van der Waals surface area contributed by atoms with Crippen molar-refractivity contribution in [3.05, 3.63) is 136 Å². The van der Waals surface area contributed by atoms with Crippen molar-refractivity contribution in [1.29, 1.82) is 0 Å². The zero-order chi connectivity index (χ0) is 22.7. The Bertz CT molecular complexity index is 1160. The monoisotopic (exact) mass is 420 g/mol. The fraction of sp³-hybridized carbons (Fsp3) is 0.226. The fourth-order valence-corrected chi connectivity index (χ4v) is 4.60. The van der Waals surface area contributed by atoms with Gasteiger partial charge in [0, 0.05) is 28.9 Å². The predicted molar refractivity (Wildman–Crippen MR) is 135 cm³/mol. The Morgan fingerprint density at radius 1 is 0.500 bits per heavy atom. The molecule has 0 heterocycles. The molecule has 0 aliphatic carbocycles. The number of rotatable bonds is 6. The number of phenolic OH excluding ortho intramolecular Hbond substituents is 1. The summed E-state index contributed by atoms with van der Waals surface area (Å²) in [5, 5.41) is 11.3.